The Balaban J connectivity index is 1.43. The van der Waals surface area contributed by atoms with Crippen LogP contribution in [0.25, 0.3) is 0 Å². The molecule has 0 bridgehead atoms. The van der Waals surface area contributed by atoms with Crippen LogP contribution < -0.4 is 16.0 Å². The van der Waals surface area contributed by atoms with E-state index in [0.29, 0.717) is 26.1 Å². The molecule has 1 aromatic rings. The van der Waals surface area contributed by atoms with Gasteiger partial charge in [-0.15, -0.1) is 0 Å². The van der Waals surface area contributed by atoms with E-state index in [-0.39, 0.29) is 30.0 Å². The van der Waals surface area contributed by atoms with Gasteiger partial charge in [-0.2, -0.15) is 0 Å². The molecule has 148 valence electrons. The summed E-state index contributed by atoms with van der Waals surface area (Å²) in [6, 6.07) is 4.10. The number of hydrogen-bond donors (Lipinski definition) is 3. The summed E-state index contributed by atoms with van der Waals surface area (Å²) in [5, 5.41) is 8.50. The van der Waals surface area contributed by atoms with Gasteiger partial charge in [0.1, 0.15) is 12.2 Å². The normalized spacial score (nSPS) is 27.3. The van der Waals surface area contributed by atoms with E-state index in [2.05, 4.69) is 16.0 Å². The summed E-state index contributed by atoms with van der Waals surface area (Å²) in [4.78, 5) is 49.8. The molecule has 3 N–H and O–H groups in total. The third-order valence-electron chi connectivity index (χ3n) is 5.39. The Labute approximate surface area is 160 Å². The molecule has 3 atom stereocenters. The molecule has 2 saturated heterocycles. The Morgan fingerprint density at radius 2 is 1.93 bits per heavy atom. The summed E-state index contributed by atoms with van der Waals surface area (Å²) >= 11 is 0. The van der Waals surface area contributed by atoms with Crippen LogP contribution in [0.1, 0.15) is 45.5 Å². The van der Waals surface area contributed by atoms with Crippen LogP contribution in [0, 0.1) is 0 Å². The summed E-state index contributed by atoms with van der Waals surface area (Å²) in [6.07, 6.45) is -0.109. The molecule has 3 aliphatic rings. The molecule has 28 heavy (non-hydrogen) atoms. The number of amides is 4. The second-order valence-electron chi connectivity index (χ2n) is 7.40. The lowest BCUT2D eigenvalue weighted by Crippen LogP contribution is -2.54. The number of nitrogens with zero attached hydrogens (tertiary/aromatic N) is 1. The summed E-state index contributed by atoms with van der Waals surface area (Å²) in [6.45, 7) is 1.45. The predicted octanol–water partition coefficient (Wildman–Crippen LogP) is -0.123. The van der Waals surface area contributed by atoms with Crippen LogP contribution in [0.5, 0.6) is 0 Å². The van der Waals surface area contributed by atoms with Gasteiger partial charge in [0.25, 0.3) is 11.8 Å². The molecule has 0 aliphatic carbocycles. The Morgan fingerprint density at radius 3 is 2.64 bits per heavy atom. The molecule has 9 heteroatoms. The molecule has 1 aromatic carbocycles. The van der Waals surface area contributed by atoms with E-state index >= 15 is 0 Å². The number of alkyl halides is 1. The molecule has 8 nitrogen and oxygen atoms in total. The Hall–Kier alpha value is -2.65. The van der Waals surface area contributed by atoms with E-state index in [1.807, 2.05) is 0 Å². The molecule has 0 aromatic heterocycles. The van der Waals surface area contributed by atoms with Gasteiger partial charge >= 0.3 is 0 Å². The Morgan fingerprint density at radius 1 is 1.14 bits per heavy atom. The van der Waals surface area contributed by atoms with Crippen LogP contribution in [0.15, 0.2) is 18.2 Å². The number of carbonyl (C=O) groups is 4. The van der Waals surface area contributed by atoms with Crippen molar-refractivity contribution in [3.8, 4) is 0 Å². The first-order valence-electron chi connectivity index (χ1n) is 9.36. The largest absolute Gasteiger partial charge is 0.311 e. The lowest BCUT2D eigenvalue weighted by atomic mass is 10.0. The number of carbonyl (C=O) groups excluding carboxylic acids is 4. The third-order valence-corrected chi connectivity index (χ3v) is 5.39. The first-order chi connectivity index (χ1) is 13.4. The topological polar surface area (TPSA) is 108 Å². The highest BCUT2D eigenvalue weighted by Crippen LogP contribution is 2.28. The van der Waals surface area contributed by atoms with Gasteiger partial charge in [-0.05, 0) is 30.5 Å². The quantitative estimate of drug-likeness (QED) is 0.607. The van der Waals surface area contributed by atoms with Gasteiger partial charge in [0.15, 0.2) is 0 Å². The van der Waals surface area contributed by atoms with Crippen LogP contribution >= 0.6 is 0 Å². The molecule has 0 radical (unpaired) electrons. The fourth-order valence-electron chi connectivity index (χ4n) is 3.94. The molecule has 4 rings (SSSR count). The number of piperidine rings is 1. The molecular weight excluding hydrogens is 367 g/mol. The van der Waals surface area contributed by atoms with Crippen LogP contribution in [-0.4, -0.2) is 59.9 Å². The predicted molar refractivity (Wildman–Crippen MR) is 96.1 cm³/mol. The first-order valence-corrected chi connectivity index (χ1v) is 9.36. The molecule has 3 heterocycles. The van der Waals surface area contributed by atoms with Crippen molar-refractivity contribution in [1.82, 2.24) is 20.9 Å². The monoisotopic (exact) mass is 388 g/mol. The number of hydrogen-bond acceptors (Lipinski definition) is 6. The number of benzene rings is 1. The van der Waals surface area contributed by atoms with Crippen molar-refractivity contribution in [2.45, 2.75) is 44.1 Å². The van der Waals surface area contributed by atoms with Gasteiger partial charge in [-0.1, -0.05) is 6.07 Å². The molecule has 1 unspecified atom stereocenters. The minimum atomic E-state index is -0.964. The summed E-state index contributed by atoms with van der Waals surface area (Å²) in [7, 11) is 0. The lowest BCUT2D eigenvalue weighted by Gasteiger charge is -2.27. The van der Waals surface area contributed by atoms with E-state index in [1.165, 1.54) is 0 Å². The Bertz CT molecular complexity index is 858. The zero-order valence-corrected chi connectivity index (χ0v) is 15.2. The number of rotatable bonds is 5. The molecule has 0 spiro atoms. The van der Waals surface area contributed by atoms with Gasteiger partial charge in [-0.25, -0.2) is 4.39 Å². The zero-order chi connectivity index (χ0) is 19.8. The highest BCUT2D eigenvalue weighted by molar-refractivity contribution is 6.23. The number of fused-ring (bicyclic) bond motifs is 1. The maximum atomic E-state index is 13.2. The number of nitrogens with one attached hydrogen (secondary N) is 3. The fourth-order valence-corrected chi connectivity index (χ4v) is 3.94. The Kier molecular flexibility index (Phi) is 4.94. The van der Waals surface area contributed by atoms with Crippen molar-refractivity contribution >= 4 is 23.6 Å². The SMILES string of the molecule is O=C1CCC(N2C(=O)c3ccc(CNC[C@@H]4C[C@H](F)CN4)cc3C2=O)C(=O)N1. The van der Waals surface area contributed by atoms with Crippen molar-refractivity contribution in [2.75, 3.05) is 13.1 Å². The first kappa shape index (κ1) is 18.7. The molecule has 2 fully saturated rings. The summed E-state index contributed by atoms with van der Waals surface area (Å²) in [5.74, 6) is -2.06. The summed E-state index contributed by atoms with van der Waals surface area (Å²) < 4.78 is 13.2. The average Bonchev–Trinajstić information content (AvgIpc) is 3.17. The number of imide groups is 2. The second kappa shape index (κ2) is 7.40. The van der Waals surface area contributed by atoms with Crippen LogP contribution in [0.4, 0.5) is 4.39 Å². The standard InChI is InChI=1S/C19H21FN4O4/c20-11-6-12(22-8-11)9-21-7-10-1-2-13-14(5-10)19(28)24(18(13)27)15-3-4-16(25)23-17(15)26/h1-2,5,11-12,15,21-22H,3-4,6-9H2,(H,23,25,26)/t11-,12-,15?/m0/s1. The van der Waals surface area contributed by atoms with Gasteiger partial charge in [0, 0.05) is 32.1 Å². The van der Waals surface area contributed by atoms with E-state index in [4.69, 9.17) is 0 Å². The van der Waals surface area contributed by atoms with Crippen molar-refractivity contribution in [2.24, 2.45) is 0 Å². The molecule has 0 saturated carbocycles. The minimum Gasteiger partial charge on any atom is -0.311 e. The third kappa shape index (κ3) is 3.43. The van der Waals surface area contributed by atoms with Crippen LogP contribution in [0.2, 0.25) is 0 Å². The molecular formula is C19H21FN4O4. The fraction of sp³-hybridized carbons (Fsp3) is 0.474. The van der Waals surface area contributed by atoms with Gasteiger partial charge in [0.05, 0.1) is 11.1 Å². The molecule has 4 amide bonds. The van der Waals surface area contributed by atoms with Gasteiger partial charge < -0.3 is 10.6 Å². The second-order valence-corrected chi connectivity index (χ2v) is 7.40. The zero-order valence-electron chi connectivity index (χ0n) is 15.2. The average molecular weight is 388 g/mol. The smallest absolute Gasteiger partial charge is 0.262 e. The van der Waals surface area contributed by atoms with Crippen molar-refractivity contribution < 1.29 is 23.6 Å². The number of halogens is 1. The highest BCUT2D eigenvalue weighted by atomic mass is 19.1. The summed E-state index contributed by atoms with van der Waals surface area (Å²) in [5.41, 5.74) is 1.34. The lowest BCUT2D eigenvalue weighted by molar-refractivity contribution is -0.136. The van der Waals surface area contributed by atoms with Crippen LogP contribution in [-0.2, 0) is 16.1 Å². The van der Waals surface area contributed by atoms with E-state index in [9.17, 15) is 23.6 Å². The van der Waals surface area contributed by atoms with Crippen molar-refractivity contribution in [3.05, 3.63) is 34.9 Å². The van der Waals surface area contributed by atoms with E-state index in [0.717, 1.165) is 10.5 Å². The maximum absolute atomic E-state index is 13.2. The van der Waals surface area contributed by atoms with E-state index in [1.54, 1.807) is 18.2 Å². The van der Waals surface area contributed by atoms with E-state index < -0.39 is 35.8 Å². The van der Waals surface area contributed by atoms with Gasteiger partial charge in [-0.3, -0.25) is 29.4 Å². The van der Waals surface area contributed by atoms with Crippen LogP contribution in [0.3, 0.4) is 0 Å². The highest BCUT2D eigenvalue weighted by Gasteiger charge is 2.44. The van der Waals surface area contributed by atoms with Crippen molar-refractivity contribution in [1.29, 1.82) is 0 Å². The van der Waals surface area contributed by atoms with Gasteiger partial charge in [0.2, 0.25) is 11.8 Å². The minimum absolute atomic E-state index is 0.0793. The maximum Gasteiger partial charge on any atom is 0.262 e. The van der Waals surface area contributed by atoms with Crippen molar-refractivity contribution in [3.63, 3.8) is 0 Å². The molecule has 3 aliphatic heterocycles.